The van der Waals surface area contributed by atoms with E-state index in [4.69, 9.17) is 0 Å². The van der Waals surface area contributed by atoms with E-state index >= 15 is 0 Å². The molecule has 0 amide bonds. The second kappa shape index (κ2) is 2.41. The van der Waals surface area contributed by atoms with E-state index in [0.29, 0.717) is 5.39 Å². The first kappa shape index (κ1) is 6.97. The molecule has 0 bridgehead atoms. The average molecular weight is 164 g/mol. The van der Waals surface area contributed by atoms with Gasteiger partial charge in [0.25, 0.3) is 5.56 Å². The van der Waals surface area contributed by atoms with Gasteiger partial charge in [0, 0.05) is 5.39 Å². The zero-order valence-electron chi connectivity index (χ0n) is 6.04. The molecular formula is C8H5FN2O. The van der Waals surface area contributed by atoms with Crippen molar-refractivity contribution in [1.82, 2.24) is 10.2 Å². The number of fused-ring (bicyclic) bond motifs is 1. The monoisotopic (exact) mass is 164 g/mol. The Hall–Kier alpha value is -1.71. The van der Waals surface area contributed by atoms with Gasteiger partial charge in [-0.1, -0.05) is 6.07 Å². The largest absolute Gasteiger partial charge is 0.272 e. The highest BCUT2D eigenvalue weighted by atomic mass is 19.1. The lowest BCUT2D eigenvalue weighted by atomic mass is 10.2. The molecule has 1 N–H and O–H groups in total. The Morgan fingerprint density at radius 1 is 1.33 bits per heavy atom. The minimum atomic E-state index is -0.425. The van der Waals surface area contributed by atoms with Crippen molar-refractivity contribution in [3.8, 4) is 0 Å². The standard InChI is InChI=1S/C8H5FN2O/c9-7-3-1-2-5-6(7)4-10-11-8(5)12/h1-4H,(H,11,12). The van der Waals surface area contributed by atoms with E-state index in [1.54, 1.807) is 6.07 Å². The second-order valence-electron chi connectivity index (χ2n) is 2.40. The summed E-state index contributed by atoms with van der Waals surface area (Å²) >= 11 is 0. The normalized spacial score (nSPS) is 10.4. The van der Waals surface area contributed by atoms with Crippen LogP contribution in [0.15, 0.2) is 29.2 Å². The number of benzene rings is 1. The highest BCUT2D eigenvalue weighted by Crippen LogP contribution is 2.10. The molecular weight excluding hydrogens is 159 g/mol. The zero-order valence-corrected chi connectivity index (χ0v) is 6.04. The lowest BCUT2D eigenvalue weighted by Crippen LogP contribution is -2.07. The highest BCUT2D eigenvalue weighted by molar-refractivity contribution is 5.80. The van der Waals surface area contributed by atoms with Gasteiger partial charge in [0.15, 0.2) is 0 Å². The van der Waals surface area contributed by atoms with E-state index in [-0.39, 0.29) is 10.9 Å². The molecule has 4 heteroatoms. The van der Waals surface area contributed by atoms with Crippen LogP contribution in [0.25, 0.3) is 10.8 Å². The second-order valence-corrected chi connectivity index (χ2v) is 2.40. The van der Waals surface area contributed by atoms with Gasteiger partial charge >= 0.3 is 0 Å². The number of halogens is 1. The fraction of sp³-hybridized carbons (Fsp3) is 0. The first-order valence-corrected chi connectivity index (χ1v) is 3.41. The molecule has 0 atom stereocenters. The summed E-state index contributed by atoms with van der Waals surface area (Å²) in [6.07, 6.45) is 1.30. The summed E-state index contributed by atoms with van der Waals surface area (Å²) in [6, 6.07) is 4.34. The van der Waals surface area contributed by atoms with Gasteiger partial charge < -0.3 is 0 Å². The minimum absolute atomic E-state index is 0.251. The molecule has 1 heterocycles. The Morgan fingerprint density at radius 3 is 2.92 bits per heavy atom. The first-order valence-electron chi connectivity index (χ1n) is 3.41. The van der Waals surface area contributed by atoms with Crippen molar-refractivity contribution >= 4 is 10.8 Å². The number of rotatable bonds is 0. The van der Waals surface area contributed by atoms with Gasteiger partial charge in [0.2, 0.25) is 0 Å². The van der Waals surface area contributed by atoms with Crippen LogP contribution in [-0.4, -0.2) is 10.2 Å². The summed E-state index contributed by atoms with van der Waals surface area (Å²) in [4.78, 5) is 11.0. The minimum Gasteiger partial charge on any atom is -0.267 e. The summed E-state index contributed by atoms with van der Waals surface area (Å²) < 4.78 is 13.0. The maximum atomic E-state index is 13.0. The molecule has 0 aliphatic heterocycles. The Morgan fingerprint density at radius 2 is 2.17 bits per heavy atom. The van der Waals surface area contributed by atoms with Gasteiger partial charge in [0.05, 0.1) is 11.6 Å². The molecule has 1 aromatic heterocycles. The fourth-order valence-electron chi connectivity index (χ4n) is 1.08. The van der Waals surface area contributed by atoms with Crippen LogP contribution in [0.2, 0.25) is 0 Å². The molecule has 0 fully saturated rings. The van der Waals surface area contributed by atoms with E-state index < -0.39 is 5.82 Å². The molecule has 2 aromatic rings. The summed E-state index contributed by atoms with van der Waals surface area (Å²) in [5.41, 5.74) is -0.369. The van der Waals surface area contributed by atoms with Crippen LogP contribution in [0.5, 0.6) is 0 Å². The van der Waals surface area contributed by atoms with Gasteiger partial charge in [0.1, 0.15) is 5.82 Å². The quantitative estimate of drug-likeness (QED) is 0.632. The van der Waals surface area contributed by atoms with Crippen molar-refractivity contribution in [3.63, 3.8) is 0 Å². The molecule has 1 aromatic carbocycles. The molecule has 60 valence electrons. The van der Waals surface area contributed by atoms with Crippen molar-refractivity contribution < 1.29 is 4.39 Å². The maximum absolute atomic E-state index is 13.0. The first-order chi connectivity index (χ1) is 5.79. The maximum Gasteiger partial charge on any atom is 0.272 e. The van der Waals surface area contributed by atoms with E-state index in [2.05, 4.69) is 10.2 Å². The lowest BCUT2D eigenvalue weighted by Gasteiger charge is -1.94. The van der Waals surface area contributed by atoms with Crippen molar-refractivity contribution in [2.24, 2.45) is 0 Å². The fourth-order valence-corrected chi connectivity index (χ4v) is 1.08. The third-order valence-corrected chi connectivity index (χ3v) is 1.66. The van der Waals surface area contributed by atoms with Crippen LogP contribution < -0.4 is 5.56 Å². The van der Waals surface area contributed by atoms with Crippen LogP contribution in [0.1, 0.15) is 0 Å². The number of aromatic nitrogens is 2. The van der Waals surface area contributed by atoms with E-state index in [1.807, 2.05) is 0 Å². The van der Waals surface area contributed by atoms with E-state index in [0.717, 1.165) is 0 Å². The molecule has 0 aliphatic rings. The predicted octanol–water partition coefficient (Wildman–Crippen LogP) is 1.06. The smallest absolute Gasteiger partial charge is 0.267 e. The van der Waals surface area contributed by atoms with Crippen molar-refractivity contribution in [3.05, 3.63) is 40.6 Å². The van der Waals surface area contributed by atoms with Crippen LogP contribution in [-0.2, 0) is 0 Å². The molecule has 12 heavy (non-hydrogen) atoms. The number of nitrogens with one attached hydrogen (secondary N) is 1. The van der Waals surface area contributed by atoms with Crippen molar-refractivity contribution in [2.75, 3.05) is 0 Å². The van der Waals surface area contributed by atoms with Crippen LogP contribution >= 0.6 is 0 Å². The Balaban J connectivity index is 3.05. The summed E-state index contributed by atoms with van der Waals surface area (Å²) in [7, 11) is 0. The van der Waals surface area contributed by atoms with E-state index in [9.17, 15) is 9.18 Å². The Labute approximate surface area is 66.8 Å². The van der Waals surface area contributed by atoms with Crippen molar-refractivity contribution in [2.45, 2.75) is 0 Å². The Kier molecular flexibility index (Phi) is 1.40. The third kappa shape index (κ3) is 0.887. The van der Waals surface area contributed by atoms with Gasteiger partial charge in [-0.25, -0.2) is 9.49 Å². The van der Waals surface area contributed by atoms with Crippen LogP contribution in [0.3, 0.4) is 0 Å². The molecule has 3 nitrogen and oxygen atoms in total. The number of aromatic amines is 1. The zero-order chi connectivity index (χ0) is 8.55. The summed E-state index contributed by atoms with van der Waals surface area (Å²) in [6.45, 7) is 0. The number of H-pyrrole nitrogens is 1. The molecule has 0 radical (unpaired) electrons. The van der Waals surface area contributed by atoms with Crippen molar-refractivity contribution in [1.29, 1.82) is 0 Å². The number of hydrogen-bond donors (Lipinski definition) is 1. The molecule has 0 aliphatic carbocycles. The Bertz CT molecular complexity index is 478. The van der Waals surface area contributed by atoms with E-state index in [1.165, 1.54) is 18.3 Å². The van der Waals surface area contributed by atoms with Gasteiger partial charge in [-0.3, -0.25) is 4.79 Å². The molecule has 0 saturated heterocycles. The molecule has 0 unspecified atom stereocenters. The molecule has 2 rings (SSSR count). The lowest BCUT2D eigenvalue weighted by molar-refractivity contribution is 0.639. The highest BCUT2D eigenvalue weighted by Gasteiger charge is 2.01. The molecule has 0 spiro atoms. The van der Waals surface area contributed by atoms with Crippen LogP contribution in [0.4, 0.5) is 4.39 Å². The SMILES string of the molecule is O=c1[nH]ncc2c(F)cccc12. The predicted molar refractivity (Wildman–Crippen MR) is 42.3 cm³/mol. The topological polar surface area (TPSA) is 45.8 Å². The number of hydrogen-bond acceptors (Lipinski definition) is 2. The van der Waals surface area contributed by atoms with Gasteiger partial charge in [-0.15, -0.1) is 0 Å². The number of nitrogens with zero attached hydrogens (tertiary/aromatic N) is 1. The molecule has 0 saturated carbocycles. The average Bonchev–Trinajstić information content (AvgIpc) is 2.07. The summed E-state index contributed by atoms with van der Waals surface area (Å²) in [5.74, 6) is -0.425. The van der Waals surface area contributed by atoms with Gasteiger partial charge in [-0.05, 0) is 12.1 Å². The third-order valence-electron chi connectivity index (χ3n) is 1.66. The van der Waals surface area contributed by atoms with Crippen LogP contribution in [0, 0.1) is 5.82 Å². The summed E-state index contributed by atoms with van der Waals surface area (Å²) in [5, 5.41) is 6.30. The van der Waals surface area contributed by atoms with Gasteiger partial charge in [-0.2, -0.15) is 5.10 Å².